The number of hydrogen-bond donors (Lipinski definition) is 1. The van der Waals surface area contributed by atoms with Gasteiger partial charge < -0.3 is 5.32 Å². The first-order chi connectivity index (χ1) is 7.33. The van der Waals surface area contributed by atoms with Crippen LogP contribution in [0.3, 0.4) is 0 Å². The van der Waals surface area contributed by atoms with Crippen molar-refractivity contribution in [1.82, 2.24) is 5.32 Å². The van der Waals surface area contributed by atoms with Crippen LogP contribution >= 0.6 is 11.8 Å². The smallest absolute Gasteiger partial charge is 0.123 e. The summed E-state index contributed by atoms with van der Waals surface area (Å²) in [6.07, 6.45) is 1.18. The molecule has 15 heavy (non-hydrogen) atoms. The molecule has 0 atom stereocenters. The zero-order valence-corrected chi connectivity index (χ0v) is 9.95. The Morgan fingerprint density at radius 1 is 1.33 bits per heavy atom. The lowest BCUT2D eigenvalue weighted by atomic mass is 10.2. The van der Waals surface area contributed by atoms with Crippen molar-refractivity contribution in [1.29, 1.82) is 0 Å². The zero-order chi connectivity index (χ0) is 10.9. The third kappa shape index (κ3) is 5.80. The molecule has 0 spiro atoms. The molecule has 0 aliphatic heterocycles. The third-order valence-corrected chi connectivity index (χ3v) is 3.04. The lowest BCUT2D eigenvalue weighted by Crippen LogP contribution is -2.17. The summed E-state index contributed by atoms with van der Waals surface area (Å²) in [7, 11) is 0. The van der Waals surface area contributed by atoms with E-state index in [0.29, 0.717) is 0 Å². The highest BCUT2D eigenvalue weighted by atomic mass is 32.2. The Balaban J connectivity index is 2.10. The van der Waals surface area contributed by atoms with Gasteiger partial charge in [0.2, 0.25) is 0 Å². The summed E-state index contributed by atoms with van der Waals surface area (Å²) in [5.41, 5.74) is 1.07. The van der Waals surface area contributed by atoms with E-state index < -0.39 is 0 Å². The molecule has 0 radical (unpaired) electrons. The van der Waals surface area contributed by atoms with Crippen molar-refractivity contribution in [3.05, 3.63) is 35.6 Å². The van der Waals surface area contributed by atoms with Crippen LogP contribution in [0, 0.1) is 5.82 Å². The second kappa shape index (κ2) is 7.71. The fourth-order valence-electron chi connectivity index (χ4n) is 1.26. The molecule has 1 aromatic rings. The van der Waals surface area contributed by atoms with Gasteiger partial charge in [-0.25, -0.2) is 4.39 Å². The fourth-order valence-corrected chi connectivity index (χ4v) is 2.11. The molecule has 1 aromatic carbocycles. The van der Waals surface area contributed by atoms with E-state index >= 15 is 0 Å². The Labute approximate surface area is 95.5 Å². The Morgan fingerprint density at radius 2 is 2.20 bits per heavy atom. The number of benzene rings is 1. The molecule has 1 nitrogen and oxygen atoms in total. The molecule has 0 saturated heterocycles. The summed E-state index contributed by atoms with van der Waals surface area (Å²) in [6, 6.07) is 6.82. The van der Waals surface area contributed by atoms with Gasteiger partial charge in [0.1, 0.15) is 5.82 Å². The van der Waals surface area contributed by atoms with Crippen LogP contribution in [0.5, 0.6) is 0 Å². The maximum atomic E-state index is 12.8. The maximum Gasteiger partial charge on any atom is 0.123 e. The van der Waals surface area contributed by atoms with Crippen molar-refractivity contribution in [2.75, 3.05) is 18.8 Å². The van der Waals surface area contributed by atoms with Gasteiger partial charge in [0, 0.05) is 18.1 Å². The van der Waals surface area contributed by atoms with Crippen LogP contribution in [-0.4, -0.2) is 18.8 Å². The van der Waals surface area contributed by atoms with Gasteiger partial charge in [-0.3, -0.25) is 0 Å². The molecule has 1 N–H and O–H groups in total. The van der Waals surface area contributed by atoms with E-state index in [-0.39, 0.29) is 5.82 Å². The highest BCUT2D eigenvalue weighted by molar-refractivity contribution is 7.98. The van der Waals surface area contributed by atoms with Crippen LogP contribution in [0.15, 0.2) is 24.3 Å². The molecular formula is C12H18FNS. The Kier molecular flexibility index (Phi) is 6.44. The fraction of sp³-hybridized carbons (Fsp3) is 0.500. The van der Waals surface area contributed by atoms with Crippen LogP contribution in [0.2, 0.25) is 0 Å². The van der Waals surface area contributed by atoms with Crippen molar-refractivity contribution in [2.24, 2.45) is 0 Å². The summed E-state index contributed by atoms with van der Waals surface area (Å²) in [5.74, 6) is 1.83. The van der Waals surface area contributed by atoms with E-state index in [1.807, 2.05) is 17.8 Å². The third-order valence-electron chi connectivity index (χ3n) is 2.01. The first-order valence-electron chi connectivity index (χ1n) is 5.36. The van der Waals surface area contributed by atoms with Crippen LogP contribution in [0.25, 0.3) is 0 Å². The van der Waals surface area contributed by atoms with Crippen molar-refractivity contribution < 1.29 is 4.39 Å². The highest BCUT2D eigenvalue weighted by Crippen LogP contribution is 2.12. The van der Waals surface area contributed by atoms with E-state index in [0.717, 1.165) is 30.2 Å². The zero-order valence-electron chi connectivity index (χ0n) is 9.13. The summed E-state index contributed by atoms with van der Waals surface area (Å²) in [5, 5.41) is 3.34. The van der Waals surface area contributed by atoms with Gasteiger partial charge in [0.05, 0.1) is 0 Å². The second-order valence-corrected chi connectivity index (χ2v) is 4.54. The van der Waals surface area contributed by atoms with E-state index in [1.165, 1.54) is 12.5 Å². The molecule has 0 aliphatic rings. The standard InChI is InChI=1S/C12H18FNS/c1-2-6-14-7-8-15-10-11-4-3-5-12(13)9-11/h3-5,9,14H,2,6-8,10H2,1H3. The average Bonchev–Trinajstić information content (AvgIpc) is 2.23. The molecule has 3 heteroatoms. The summed E-state index contributed by atoms with van der Waals surface area (Å²) >= 11 is 1.84. The molecule has 0 saturated carbocycles. The number of nitrogens with one attached hydrogen (secondary N) is 1. The van der Waals surface area contributed by atoms with E-state index in [1.54, 1.807) is 12.1 Å². The quantitative estimate of drug-likeness (QED) is 0.718. The van der Waals surface area contributed by atoms with E-state index in [9.17, 15) is 4.39 Å². The average molecular weight is 227 g/mol. The summed E-state index contributed by atoms with van der Waals surface area (Å²) < 4.78 is 12.8. The van der Waals surface area contributed by atoms with Crippen molar-refractivity contribution in [3.63, 3.8) is 0 Å². The molecule has 0 unspecified atom stereocenters. The molecule has 0 amide bonds. The van der Waals surface area contributed by atoms with Gasteiger partial charge in [-0.2, -0.15) is 11.8 Å². The molecular weight excluding hydrogens is 209 g/mol. The van der Waals surface area contributed by atoms with Gasteiger partial charge in [-0.15, -0.1) is 0 Å². The minimum absolute atomic E-state index is 0.141. The van der Waals surface area contributed by atoms with Gasteiger partial charge in [-0.05, 0) is 30.7 Å². The van der Waals surface area contributed by atoms with Gasteiger partial charge in [0.15, 0.2) is 0 Å². The summed E-state index contributed by atoms with van der Waals surface area (Å²) in [4.78, 5) is 0. The molecule has 84 valence electrons. The predicted octanol–water partition coefficient (Wildman–Crippen LogP) is 3.06. The van der Waals surface area contributed by atoms with Gasteiger partial charge >= 0.3 is 0 Å². The van der Waals surface area contributed by atoms with Crippen LogP contribution < -0.4 is 5.32 Å². The molecule has 0 fully saturated rings. The highest BCUT2D eigenvalue weighted by Gasteiger charge is 1.95. The number of thioether (sulfide) groups is 1. The molecule has 1 rings (SSSR count). The first kappa shape index (κ1) is 12.5. The lowest BCUT2D eigenvalue weighted by Gasteiger charge is -2.03. The normalized spacial score (nSPS) is 10.5. The molecule has 0 heterocycles. The van der Waals surface area contributed by atoms with Crippen molar-refractivity contribution >= 4 is 11.8 Å². The summed E-state index contributed by atoms with van der Waals surface area (Å²) in [6.45, 7) is 4.28. The molecule has 0 aromatic heterocycles. The van der Waals surface area contributed by atoms with Gasteiger partial charge in [-0.1, -0.05) is 19.1 Å². The monoisotopic (exact) mass is 227 g/mol. The topological polar surface area (TPSA) is 12.0 Å². The van der Waals surface area contributed by atoms with Crippen molar-refractivity contribution in [3.8, 4) is 0 Å². The second-order valence-electron chi connectivity index (χ2n) is 3.43. The Morgan fingerprint density at radius 3 is 2.93 bits per heavy atom. The lowest BCUT2D eigenvalue weighted by molar-refractivity contribution is 0.626. The minimum Gasteiger partial charge on any atom is -0.316 e. The number of rotatable bonds is 7. The largest absolute Gasteiger partial charge is 0.316 e. The number of halogens is 1. The SMILES string of the molecule is CCCNCCSCc1cccc(F)c1. The van der Waals surface area contributed by atoms with E-state index in [4.69, 9.17) is 0 Å². The minimum atomic E-state index is -0.141. The van der Waals surface area contributed by atoms with Crippen LogP contribution in [-0.2, 0) is 5.75 Å². The molecule has 0 bridgehead atoms. The predicted molar refractivity (Wildman–Crippen MR) is 65.7 cm³/mol. The van der Waals surface area contributed by atoms with Crippen LogP contribution in [0.4, 0.5) is 4.39 Å². The Hall–Kier alpha value is -0.540. The Bertz CT molecular complexity index is 278. The first-order valence-corrected chi connectivity index (χ1v) is 6.51. The van der Waals surface area contributed by atoms with Gasteiger partial charge in [0.25, 0.3) is 0 Å². The maximum absolute atomic E-state index is 12.8. The number of hydrogen-bond acceptors (Lipinski definition) is 2. The van der Waals surface area contributed by atoms with Crippen LogP contribution in [0.1, 0.15) is 18.9 Å². The van der Waals surface area contributed by atoms with Crippen molar-refractivity contribution in [2.45, 2.75) is 19.1 Å². The van der Waals surface area contributed by atoms with E-state index in [2.05, 4.69) is 12.2 Å². The molecule has 0 aliphatic carbocycles.